The minimum Gasteiger partial charge on any atom is -0.454 e. The SMILES string of the molecule is c1ccc(-c2ccccc2-c2cccc(-n3c4ccccc4c4ccc(N(c5ccccc5-c5ccccc5)c5cccc6c5oc5ccccc56)cc43)c2)cc1. The molecule has 0 amide bonds. The van der Waals surface area contributed by atoms with Crippen LogP contribution in [0.5, 0.6) is 0 Å². The molecular weight excluding hydrogens is 693 g/mol. The van der Waals surface area contributed by atoms with E-state index in [-0.39, 0.29) is 0 Å². The first-order valence-electron chi connectivity index (χ1n) is 19.4. The van der Waals surface area contributed by atoms with Gasteiger partial charge in [-0.15, -0.1) is 0 Å². The average molecular weight is 729 g/mol. The second-order valence-electron chi connectivity index (χ2n) is 14.5. The van der Waals surface area contributed by atoms with Crippen molar-refractivity contribution < 1.29 is 4.42 Å². The van der Waals surface area contributed by atoms with E-state index < -0.39 is 0 Å². The minimum atomic E-state index is 0.854. The van der Waals surface area contributed by atoms with Crippen LogP contribution in [0.25, 0.3) is 82.8 Å². The number of hydrogen-bond donors (Lipinski definition) is 0. The normalized spacial score (nSPS) is 11.5. The molecule has 3 nitrogen and oxygen atoms in total. The molecule has 0 N–H and O–H groups in total. The molecule has 0 radical (unpaired) electrons. The van der Waals surface area contributed by atoms with E-state index >= 15 is 0 Å². The first-order valence-corrected chi connectivity index (χ1v) is 19.4. The Bertz CT molecular complexity index is 3250. The van der Waals surface area contributed by atoms with Crippen LogP contribution in [0.1, 0.15) is 0 Å². The third-order valence-electron chi connectivity index (χ3n) is 11.2. The lowest BCUT2D eigenvalue weighted by Crippen LogP contribution is -2.11. The predicted octanol–water partition coefficient (Wildman–Crippen LogP) is 15.2. The molecule has 2 heterocycles. The first kappa shape index (κ1) is 32.8. The third-order valence-corrected chi connectivity index (χ3v) is 11.2. The second-order valence-corrected chi connectivity index (χ2v) is 14.5. The molecule has 0 aliphatic heterocycles. The first-order chi connectivity index (χ1) is 28.3. The average Bonchev–Trinajstić information content (AvgIpc) is 3.83. The zero-order valence-electron chi connectivity index (χ0n) is 31.1. The van der Waals surface area contributed by atoms with Crippen molar-refractivity contribution >= 4 is 60.8 Å². The molecule has 0 atom stereocenters. The largest absolute Gasteiger partial charge is 0.454 e. The Labute approximate surface area is 330 Å². The number of fused-ring (bicyclic) bond motifs is 6. The van der Waals surface area contributed by atoms with Crippen LogP contribution in [0.15, 0.2) is 223 Å². The summed E-state index contributed by atoms with van der Waals surface area (Å²) in [6, 6.07) is 78.1. The highest BCUT2D eigenvalue weighted by Crippen LogP contribution is 2.47. The molecule has 0 fully saturated rings. The molecule has 0 unspecified atom stereocenters. The highest BCUT2D eigenvalue weighted by molar-refractivity contribution is 6.13. The summed E-state index contributed by atoms with van der Waals surface area (Å²) in [6.07, 6.45) is 0. The Kier molecular flexibility index (Phi) is 7.82. The van der Waals surface area contributed by atoms with Crippen molar-refractivity contribution in [2.45, 2.75) is 0 Å². The zero-order chi connectivity index (χ0) is 37.7. The number of hydrogen-bond acceptors (Lipinski definition) is 2. The van der Waals surface area contributed by atoms with Crippen molar-refractivity contribution in [1.29, 1.82) is 0 Å². The topological polar surface area (TPSA) is 21.3 Å². The highest BCUT2D eigenvalue weighted by Gasteiger charge is 2.23. The van der Waals surface area contributed by atoms with Gasteiger partial charge in [-0.1, -0.05) is 170 Å². The van der Waals surface area contributed by atoms with Crippen molar-refractivity contribution in [3.05, 3.63) is 218 Å². The molecule has 0 saturated heterocycles. The van der Waals surface area contributed by atoms with E-state index in [4.69, 9.17) is 4.42 Å². The summed E-state index contributed by atoms with van der Waals surface area (Å²) in [5.41, 5.74) is 15.3. The van der Waals surface area contributed by atoms with Crippen LogP contribution in [-0.4, -0.2) is 4.57 Å². The maximum absolute atomic E-state index is 6.73. The van der Waals surface area contributed by atoms with Crippen LogP contribution >= 0.6 is 0 Å². The molecule has 0 aliphatic rings. The van der Waals surface area contributed by atoms with Gasteiger partial charge in [0.25, 0.3) is 0 Å². The number of furan rings is 1. The van der Waals surface area contributed by atoms with Crippen LogP contribution in [0.2, 0.25) is 0 Å². The highest BCUT2D eigenvalue weighted by atomic mass is 16.3. The summed E-state index contributed by atoms with van der Waals surface area (Å²) < 4.78 is 9.15. The molecule has 268 valence electrons. The number of anilines is 3. The Morgan fingerprint density at radius 2 is 0.912 bits per heavy atom. The van der Waals surface area contributed by atoms with Gasteiger partial charge in [0.1, 0.15) is 5.58 Å². The number of rotatable bonds is 7. The quantitative estimate of drug-likeness (QED) is 0.163. The Morgan fingerprint density at radius 1 is 0.351 bits per heavy atom. The van der Waals surface area contributed by atoms with Gasteiger partial charge in [-0.05, 0) is 76.3 Å². The second kappa shape index (κ2) is 13.6. The molecule has 0 saturated carbocycles. The van der Waals surface area contributed by atoms with Crippen LogP contribution in [0.3, 0.4) is 0 Å². The lowest BCUT2D eigenvalue weighted by Gasteiger charge is -2.28. The molecule has 0 bridgehead atoms. The monoisotopic (exact) mass is 728 g/mol. The van der Waals surface area contributed by atoms with Crippen LogP contribution < -0.4 is 4.90 Å². The zero-order valence-corrected chi connectivity index (χ0v) is 31.1. The molecule has 57 heavy (non-hydrogen) atoms. The third kappa shape index (κ3) is 5.51. The van der Waals surface area contributed by atoms with Crippen LogP contribution in [0, 0.1) is 0 Å². The Hall–Kier alpha value is -7.62. The molecule has 0 spiro atoms. The maximum atomic E-state index is 6.73. The van der Waals surface area contributed by atoms with Crippen molar-refractivity contribution in [2.75, 3.05) is 4.90 Å². The van der Waals surface area contributed by atoms with E-state index in [9.17, 15) is 0 Å². The summed E-state index contributed by atoms with van der Waals surface area (Å²) in [4.78, 5) is 2.38. The summed E-state index contributed by atoms with van der Waals surface area (Å²) in [7, 11) is 0. The summed E-state index contributed by atoms with van der Waals surface area (Å²) >= 11 is 0. The molecule has 11 aromatic rings. The maximum Gasteiger partial charge on any atom is 0.159 e. The summed E-state index contributed by atoms with van der Waals surface area (Å²) in [6.45, 7) is 0. The predicted molar refractivity (Wildman–Crippen MR) is 239 cm³/mol. The molecule has 3 heteroatoms. The smallest absolute Gasteiger partial charge is 0.159 e. The van der Waals surface area contributed by atoms with E-state index in [1.165, 1.54) is 33.0 Å². The van der Waals surface area contributed by atoms with E-state index in [0.717, 1.165) is 66.8 Å². The van der Waals surface area contributed by atoms with E-state index in [0.29, 0.717) is 0 Å². The van der Waals surface area contributed by atoms with Gasteiger partial charge in [-0.2, -0.15) is 0 Å². The summed E-state index contributed by atoms with van der Waals surface area (Å²) in [5.74, 6) is 0. The van der Waals surface area contributed by atoms with Gasteiger partial charge in [-0.3, -0.25) is 0 Å². The number of para-hydroxylation sites is 4. The molecule has 2 aromatic heterocycles. The van der Waals surface area contributed by atoms with Crippen LogP contribution in [0.4, 0.5) is 17.1 Å². The fourth-order valence-electron chi connectivity index (χ4n) is 8.64. The summed E-state index contributed by atoms with van der Waals surface area (Å²) in [5, 5.41) is 4.61. The van der Waals surface area contributed by atoms with Gasteiger partial charge in [0.05, 0.1) is 22.4 Å². The van der Waals surface area contributed by atoms with Gasteiger partial charge in [0.15, 0.2) is 5.58 Å². The van der Waals surface area contributed by atoms with Gasteiger partial charge >= 0.3 is 0 Å². The lowest BCUT2D eigenvalue weighted by molar-refractivity contribution is 0.669. The van der Waals surface area contributed by atoms with Gasteiger partial charge in [0, 0.05) is 38.5 Å². The number of aromatic nitrogens is 1. The van der Waals surface area contributed by atoms with Crippen LogP contribution in [-0.2, 0) is 0 Å². The molecule has 0 aliphatic carbocycles. The van der Waals surface area contributed by atoms with Crippen molar-refractivity contribution in [3.63, 3.8) is 0 Å². The molecule has 11 rings (SSSR count). The van der Waals surface area contributed by atoms with E-state index in [2.05, 4.69) is 222 Å². The fraction of sp³-hybridized carbons (Fsp3) is 0. The van der Waals surface area contributed by atoms with Crippen molar-refractivity contribution in [3.8, 4) is 39.1 Å². The fourth-order valence-corrected chi connectivity index (χ4v) is 8.64. The minimum absolute atomic E-state index is 0.854. The molecule has 9 aromatic carbocycles. The number of benzene rings is 9. The van der Waals surface area contributed by atoms with Gasteiger partial charge in [-0.25, -0.2) is 0 Å². The van der Waals surface area contributed by atoms with Gasteiger partial charge in [0.2, 0.25) is 0 Å². The van der Waals surface area contributed by atoms with Gasteiger partial charge < -0.3 is 13.9 Å². The van der Waals surface area contributed by atoms with Crippen molar-refractivity contribution in [1.82, 2.24) is 4.57 Å². The lowest BCUT2D eigenvalue weighted by atomic mass is 9.94. The van der Waals surface area contributed by atoms with Crippen molar-refractivity contribution in [2.24, 2.45) is 0 Å². The molecular formula is C54H36N2O. The Balaban J connectivity index is 1.16. The van der Waals surface area contributed by atoms with E-state index in [1.54, 1.807) is 0 Å². The van der Waals surface area contributed by atoms with E-state index in [1.807, 2.05) is 6.07 Å². The standard InChI is InChI=1S/C54H36N2O/c1-3-17-37(18-4-1)42-23-7-8-24-43(42)39-21-15-22-40(35-39)56-50-30-13-10-26-45(50)46-34-33-41(36-52(46)56)55(49-29-12-9-25-44(49)38-19-5-2-6-20-38)51-31-16-28-48-47-27-11-14-32-53(47)57-54(48)51/h1-36H. The number of nitrogens with zero attached hydrogens (tertiary/aromatic N) is 2. The Morgan fingerprint density at radius 3 is 1.72 bits per heavy atom.